The van der Waals surface area contributed by atoms with Gasteiger partial charge in [-0.15, -0.1) is 0 Å². The maximum absolute atomic E-state index is 12.8. The number of hydrogen-bond donors (Lipinski definition) is 1. The van der Waals surface area contributed by atoms with E-state index in [9.17, 15) is 13.2 Å². The summed E-state index contributed by atoms with van der Waals surface area (Å²) in [5.74, 6) is 0. The van der Waals surface area contributed by atoms with Crippen molar-refractivity contribution in [2.45, 2.75) is 12.7 Å². The fourth-order valence-electron chi connectivity index (χ4n) is 1.85. The van der Waals surface area contributed by atoms with Gasteiger partial charge in [-0.25, -0.2) is 0 Å². The Balaban J connectivity index is 2.32. The smallest absolute Gasteiger partial charge is 0.379 e. The van der Waals surface area contributed by atoms with Gasteiger partial charge in [-0.3, -0.25) is 4.99 Å². The highest BCUT2D eigenvalue weighted by Crippen LogP contribution is 2.40. The van der Waals surface area contributed by atoms with E-state index >= 15 is 0 Å². The fourth-order valence-corrected chi connectivity index (χ4v) is 2.13. The molecule has 1 N–H and O–H groups in total. The molecule has 0 radical (unpaired) electrons. The highest BCUT2D eigenvalue weighted by molar-refractivity contribution is 6.33. The van der Waals surface area contributed by atoms with Crippen LogP contribution < -0.4 is 5.32 Å². The molecule has 0 bridgehead atoms. The summed E-state index contributed by atoms with van der Waals surface area (Å²) in [7, 11) is 0. The van der Waals surface area contributed by atoms with Gasteiger partial charge in [-0.05, 0) is 24.4 Å². The van der Waals surface area contributed by atoms with Crippen molar-refractivity contribution in [1.82, 2.24) is 0 Å². The third kappa shape index (κ3) is 3.76. The molecule has 0 amide bonds. The van der Waals surface area contributed by atoms with Crippen LogP contribution in [0, 0.1) is 0 Å². The summed E-state index contributed by atoms with van der Waals surface area (Å²) in [5.41, 5.74) is 0.519. The lowest BCUT2D eigenvalue weighted by Crippen LogP contribution is -2.07. The lowest BCUT2D eigenvalue weighted by atomic mass is 10.1. The third-order valence-electron chi connectivity index (χ3n) is 2.87. The van der Waals surface area contributed by atoms with Crippen molar-refractivity contribution in [3.8, 4) is 0 Å². The molecule has 0 aliphatic rings. The van der Waals surface area contributed by atoms with E-state index in [4.69, 9.17) is 11.6 Å². The van der Waals surface area contributed by atoms with E-state index in [2.05, 4.69) is 17.0 Å². The van der Waals surface area contributed by atoms with E-state index in [1.54, 1.807) is 0 Å². The van der Waals surface area contributed by atoms with Gasteiger partial charge < -0.3 is 5.32 Å². The van der Waals surface area contributed by atoms with Gasteiger partial charge in [0, 0.05) is 6.54 Å². The SMILES string of the molecule is C=Nc1c(Cl)cc(C(F)(F)F)cc1NCc1ccccc1. The molecule has 2 aromatic carbocycles. The number of alkyl halides is 3. The van der Waals surface area contributed by atoms with E-state index in [0.717, 1.165) is 17.7 Å². The maximum atomic E-state index is 12.8. The highest BCUT2D eigenvalue weighted by Gasteiger charge is 2.32. The first kappa shape index (κ1) is 15.4. The van der Waals surface area contributed by atoms with Gasteiger partial charge in [0.1, 0.15) is 5.69 Å². The summed E-state index contributed by atoms with van der Waals surface area (Å²) < 4.78 is 38.4. The summed E-state index contributed by atoms with van der Waals surface area (Å²) in [6.07, 6.45) is -4.47. The van der Waals surface area contributed by atoms with Gasteiger partial charge in [-0.2, -0.15) is 13.2 Å². The summed E-state index contributed by atoms with van der Waals surface area (Å²) in [6.45, 7) is 3.71. The average Bonchev–Trinajstić information content (AvgIpc) is 2.44. The van der Waals surface area contributed by atoms with Gasteiger partial charge in [-0.1, -0.05) is 41.9 Å². The molecular formula is C15H12ClF3N2. The Morgan fingerprint density at radius 1 is 1.14 bits per heavy atom. The molecule has 0 fully saturated rings. The largest absolute Gasteiger partial charge is 0.416 e. The monoisotopic (exact) mass is 312 g/mol. The molecular weight excluding hydrogens is 301 g/mol. The Hall–Kier alpha value is -2.01. The summed E-state index contributed by atoms with van der Waals surface area (Å²) >= 11 is 5.85. The molecule has 2 rings (SSSR count). The van der Waals surface area contributed by atoms with Crippen LogP contribution in [0.15, 0.2) is 47.5 Å². The van der Waals surface area contributed by atoms with Crippen LogP contribution in [0.3, 0.4) is 0 Å². The minimum atomic E-state index is -4.47. The topological polar surface area (TPSA) is 24.4 Å². The molecule has 21 heavy (non-hydrogen) atoms. The molecule has 0 saturated carbocycles. The van der Waals surface area contributed by atoms with Gasteiger partial charge >= 0.3 is 6.18 Å². The van der Waals surface area contributed by atoms with Crippen LogP contribution in [0.5, 0.6) is 0 Å². The molecule has 0 unspecified atom stereocenters. The molecule has 0 atom stereocenters. The van der Waals surface area contributed by atoms with Crippen LogP contribution in [0.2, 0.25) is 5.02 Å². The maximum Gasteiger partial charge on any atom is 0.416 e. The van der Waals surface area contributed by atoms with E-state index in [-0.39, 0.29) is 16.4 Å². The second kappa shape index (κ2) is 6.18. The van der Waals surface area contributed by atoms with Crippen molar-refractivity contribution in [3.63, 3.8) is 0 Å². The molecule has 2 aromatic rings. The van der Waals surface area contributed by atoms with Crippen molar-refractivity contribution in [2.24, 2.45) is 4.99 Å². The number of halogens is 4. The molecule has 2 nitrogen and oxygen atoms in total. The van der Waals surface area contributed by atoms with Crippen LogP contribution in [-0.4, -0.2) is 6.72 Å². The average molecular weight is 313 g/mol. The number of nitrogens with zero attached hydrogens (tertiary/aromatic N) is 1. The zero-order chi connectivity index (χ0) is 15.5. The molecule has 110 valence electrons. The number of rotatable bonds is 4. The summed E-state index contributed by atoms with van der Waals surface area (Å²) in [4.78, 5) is 3.69. The highest BCUT2D eigenvalue weighted by atomic mass is 35.5. The zero-order valence-electron chi connectivity index (χ0n) is 10.9. The van der Waals surface area contributed by atoms with E-state index in [1.165, 1.54) is 0 Å². The minimum Gasteiger partial charge on any atom is -0.379 e. The normalized spacial score (nSPS) is 11.2. The van der Waals surface area contributed by atoms with Crippen molar-refractivity contribution in [1.29, 1.82) is 0 Å². The Bertz CT molecular complexity index is 639. The Morgan fingerprint density at radius 2 is 1.81 bits per heavy atom. The molecule has 6 heteroatoms. The predicted octanol–water partition coefficient (Wildman–Crippen LogP) is 5.30. The minimum absolute atomic E-state index is 0.0876. The molecule has 0 heterocycles. The van der Waals surface area contributed by atoms with Crippen molar-refractivity contribution >= 4 is 29.7 Å². The number of anilines is 1. The Morgan fingerprint density at radius 3 is 2.38 bits per heavy atom. The van der Waals surface area contributed by atoms with E-state index in [1.807, 2.05) is 30.3 Å². The van der Waals surface area contributed by atoms with Crippen LogP contribution in [-0.2, 0) is 12.7 Å². The summed E-state index contributed by atoms with van der Waals surface area (Å²) in [5, 5.41) is 2.83. The van der Waals surface area contributed by atoms with Gasteiger partial charge in [0.25, 0.3) is 0 Å². The van der Waals surface area contributed by atoms with Crippen molar-refractivity contribution in [3.05, 3.63) is 58.6 Å². The number of nitrogens with one attached hydrogen (secondary N) is 1. The molecule has 0 aliphatic heterocycles. The van der Waals surface area contributed by atoms with Gasteiger partial charge in [0.2, 0.25) is 0 Å². The first-order chi connectivity index (χ1) is 9.91. The first-order valence-electron chi connectivity index (χ1n) is 6.07. The van der Waals surface area contributed by atoms with E-state index in [0.29, 0.717) is 6.54 Å². The second-order valence-electron chi connectivity index (χ2n) is 4.35. The van der Waals surface area contributed by atoms with Crippen LogP contribution in [0.25, 0.3) is 0 Å². The number of benzene rings is 2. The molecule has 0 spiro atoms. The second-order valence-corrected chi connectivity index (χ2v) is 4.76. The number of hydrogen-bond acceptors (Lipinski definition) is 2. The zero-order valence-corrected chi connectivity index (χ0v) is 11.7. The van der Waals surface area contributed by atoms with Crippen LogP contribution in [0.1, 0.15) is 11.1 Å². The lowest BCUT2D eigenvalue weighted by Gasteiger charge is -2.14. The van der Waals surface area contributed by atoms with Crippen molar-refractivity contribution < 1.29 is 13.2 Å². The first-order valence-corrected chi connectivity index (χ1v) is 6.45. The van der Waals surface area contributed by atoms with Crippen LogP contribution >= 0.6 is 11.6 Å². The lowest BCUT2D eigenvalue weighted by molar-refractivity contribution is -0.137. The quantitative estimate of drug-likeness (QED) is 0.761. The standard InChI is InChI=1S/C15H12ClF3N2/c1-20-14-12(16)7-11(15(17,18)19)8-13(14)21-9-10-5-3-2-4-6-10/h2-8,21H,1,9H2. The molecule has 0 aromatic heterocycles. The molecule has 0 aliphatic carbocycles. The number of aliphatic imine (C=N–C) groups is 1. The van der Waals surface area contributed by atoms with Gasteiger partial charge in [0.15, 0.2) is 0 Å². The predicted molar refractivity (Wildman–Crippen MR) is 79.4 cm³/mol. The van der Waals surface area contributed by atoms with Crippen LogP contribution in [0.4, 0.5) is 24.5 Å². The Labute approximate surface area is 125 Å². The van der Waals surface area contributed by atoms with E-state index < -0.39 is 11.7 Å². The molecule has 0 saturated heterocycles. The fraction of sp³-hybridized carbons (Fsp3) is 0.133. The summed E-state index contributed by atoms with van der Waals surface area (Å²) in [6, 6.07) is 11.1. The van der Waals surface area contributed by atoms with Gasteiger partial charge in [0.05, 0.1) is 16.3 Å². The Kier molecular flexibility index (Phi) is 4.53. The third-order valence-corrected chi connectivity index (χ3v) is 3.16. The van der Waals surface area contributed by atoms with Crippen molar-refractivity contribution in [2.75, 3.05) is 5.32 Å².